The molecule has 9 nitrogen and oxygen atoms in total. The molecule has 2 atom stereocenters. The van der Waals surface area contributed by atoms with Crippen LogP contribution in [0.2, 0.25) is 0 Å². The fourth-order valence-corrected chi connectivity index (χ4v) is 4.41. The average molecular weight is 451 g/mol. The molecule has 9 heteroatoms. The number of aliphatic carboxylic acids is 1. The summed E-state index contributed by atoms with van der Waals surface area (Å²) in [5.41, 5.74) is 4.34. The second-order valence-electron chi connectivity index (χ2n) is 8.29. The van der Waals surface area contributed by atoms with Gasteiger partial charge in [0, 0.05) is 13.0 Å². The molecule has 1 aliphatic carbocycles. The highest BCUT2D eigenvalue weighted by atomic mass is 16.5. The van der Waals surface area contributed by atoms with Crippen LogP contribution < -0.4 is 5.32 Å². The molecule has 2 aliphatic rings. The second kappa shape index (κ2) is 8.93. The molecule has 0 spiro atoms. The molecule has 1 aliphatic heterocycles. The molecule has 1 saturated heterocycles. The number of carboxylic acid groups (broad SMARTS) is 1. The highest BCUT2D eigenvalue weighted by molar-refractivity contribution is 5.94. The Labute approximate surface area is 190 Å². The van der Waals surface area contributed by atoms with Crippen LogP contribution in [0.1, 0.15) is 24.0 Å². The molecule has 2 aromatic carbocycles. The Balaban J connectivity index is 1.40. The monoisotopic (exact) mass is 451 g/mol. The molecule has 0 saturated carbocycles. The molecule has 3 amide bonds. The zero-order valence-electron chi connectivity index (χ0n) is 18.4. The summed E-state index contributed by atoms with van der Waals surface area (Å²) in [6, 6.07) is 13.7. The van der Waals surface area contributed by atoms with E-state index in [2.05, 4.69) is 5.32 Å². The van der Waals surface area contributed by atoms with E-state index in [1.807, 2.05) is 48.5 Å². The van der Waals surface area contributed by atoms with Crippen molar-refractivity contribution in [1.82, 2.24) is 15.1 Å². The maximum absolute atomic E-state index is 12.8. The lowest BCUT2D eigenvalue weighted by Gasteiger charge is -2.38. The number of nitrogens with one attached hydrogen (secondary N) is 1. The van der Waals surface area contributed by atoms with Gasteiger partial charge in [0.2, 0.25) is 11.8 Å². The molecule has 1 fully saturated rings. The summed E-state index contributed by atoms with van der Waals surface area (Å²) in [4.78, 5) is 51.1. The van der Waals surface area contributed by atoms with Gasteiger partial charge < -0.3 is 25.0 Å². The van der Waals surface area contributed by atoms with E-state index in [4.69, 9.17) is 4.74 Å². The molecule has 1 heterocycles. The first kappa shape index (κ1) is 22.3. The summed E-state index contributed by atoms with van der Waals surface area (Å²) in [6.07, 6.45) is -0.787. The quantitative estimate of drug-likeness (QED) is 0.714. The van der Waals surface area contributed by atoms with Gasteiger partial charge in [0.25, 0.3) is 0 Å². The standard InChI is InChI=1S/C24H25N3O6/c1-14(22(29)27-12-21(28)26(2)11-20(27)23(30)31)25-24(32)33-13-19-17-9-5-3-7-15(17)16-8-4-6-10-18(16)19/h3-10,14,19-20H,11-13H2,1-2H3,(H,25,32)(H,30,31)/t14-,20?/m1/s1. The largest absolute Gasteiger partial charge is 0.480 e. The predicted octanol–water partition coefficient (Wildman–Crippen LogP) is 1.67. The normalized spacial score (nSPS) is 18.4. The van der Waals surface area contributed by atoms with Crippen molar-refractivity contribution in [3.8, 4) is 11.1 Å². The van der Waals surface area contributed by atoms with Crippen LogP contribution in [0.3, 0.4) is 0 Å². The Bertz CT molecular complexity index is 1070. The topological polar surface area (TPSA) is 116 Å². The number of piperazine rings is 1. The van der Waals surface area contributed by atoms with Crippen LogP contribution in [0.4, 0.5) is 4.79 Å². The number of ether oxygens (including phenoxy) is 1. The Morgan fingerprint density at radius 2 is 1.67 bits per heavy atom. The van der Waals surface area contributed by atoms with Crippen LogP contribution in [0.25, 0.3) is 11.1 Å². The summed E-state index contributed by atoms with van der Waals surface area (Å²) in [7, 11) is 1.48. The lowest BCUT2D eigenvalue weighted by Crippen LogP contribution is -2.62. The molecule has 4 rings (SSSR count). The minimum Gasteiger partial charge on any atom is -0.480 e. The first-order valence-electron chi connectivity index (χ1n) is 10.7. The maximum Gasteiger partial charge on any atom is 0.407 e. The number of hydrogen-bond donors (Lipinski definition) is 2. The molecule has 0 aromatic heterocycles. The minimum atomic E-state index is -1.21. The van der Waals surface area contributed by atoms with Gasteiger partial charge >= 0.3 is 12.1 Å². The van der Waals surface area contributed by atoms with Crippen molar-refractivity contribution in [3.05, 3.63) is 59.7 Å². The SMILES string of the molecule is C[C@@H](NC(=O)OCC1c2ccccc2-c2ccccc21)C(=O)N1CC(=O)N(C)CC1C(=O)O. The Hall–Kier alpha value is -3.88. The first-order chi connectivity index (χ1) is 15.8. The average Bonchev–Trinajstić information content (AvgIpc) is 3.12. The van der Waals surface area contributed by atoms with E-state index in [-0.39, 0.29) is 31.5 Å². The van der Waals surface area contributed by atoms with Crippen molar-refractivity contribution in [1.29, 1.82) is 0 Å². The smallest absolute Gasteiger partial charge is 0.407 e. The summed E-state index contributed by atoms with van der Waals surface area (Å²) in [5, 5.41) is 11.9. The van der Waals surface area contributed by atoms with Gasteiger partial charge in [-0.2, -0.15) is 0 Å². The number of carbonyl (C=O) groups excluding carboxylic acids is 3. The third-order valence-electron chi connectivity index (χ3n) is 6.17. The van der Waals surface area contributed by atoms with Gasteiger partial charge in [-0.05, 0) is 29.2 Å². The van der Waals surface area contributed by atoms with Crippen LogP contribution in [0.5, 0.6) is 0 Å². The summed E-state index contributed by atoms with van der Waals surface area (Å²) in [6.45, 7) is 1.05. The highest BCUT2D eigenvalue weighted by Gasteiger charge is 2.39. The molecule has 172 valence electrons. The number of hydrogen-bond acceptors (Lipinski definition) is 5. The van der Waals surface area contributed by atoms with Gasteiger partial charge in [0.05, 0.1) is 6.54 Å². The molecule has 33 heavy (non-hydrogen) atoms. The van der Waals surface area contributed by atoms with Crippen molar-refractivity contribution in [3.63, 3.8) is 0 Å². The number of nitrogens with zero attached hydrogens (tertiary/aromatic N) is 2. The van der Waals surface area contributed by atoms with Gasteiger partial charge in [-0.3, -0.25) is 9.59 Å². The second-order valence-corrected chi connectivity index (χ2v) is 8.29. The maximum atomic E-state index is 12.8. The fraction of sp³-hybridized carbons (Fsp3) is 0.333. The number of likely N-dealkylation sites (N-methyl/N-ethyl adjacent to an activating group) is 1. The van der Waals surface area contributed by atoms with Gasteiger partial charge in [-0.1, -0.05) is 48.5 Å². The van der Waals surface area contributed by atoms with Gasteiger partial charge in [-0.15, -0.1) is 0 Å². The first-order valence-corrected chi connectivity index (χ1v) is 10.7. The zero-order chi connectivity index (χ0) is 23.7. The number of benzene rings is 2. The number of carbonyl (C=O) groups is 4. The molecule has 2 aromatic rings. The summed E-state index contributed by atoms with van der Waals surface area (Å²) in [5.74, 6) is -2.36. The van der Waals surface area contributed by atoms with Gasteiger partial charge in [0.15, 0.2) is 0 Å². The van der Waals surface area contributed by atoms with E-state index < -0.39 is 30.1 Å². The predicted molar refractivity (Wildman–Crippen MR) is 118 cm³/mol. The Morgan fingerprint density at radius 1 is 1.09 bits per heavy atom. The van der Waals surface area contributed by atoms with Crippen LogP contribution >= 0.6 is 0 Å². The van der Waals surface area contributed by atoms with Crippen molar-refractivity contribution in [2.45, 2.75) is 24.9 Å². The lowest BCUT2D eigenvalue weighted by atomic mass is 9.98. The van der Waals surface area contributed by atoms with Gasteiger partial charge in [-0.25, -0.2) is 9.59 Å². The van der Waals surface area contributed by atoms with Crippen LogP contribution in [0.15, 0.2) is 48.5 Å². The highest BCUT2D eigenvalue weighted by Crippen LogP contribution is 2.44. The van der Waals surface area contributed by atoms with Crippen molar-refractivity contribution < 1.29 is 29.0 Å². The van der Waals surface area contributed by atoms with Crippen LogP contribution in [-0.2, 0) is 19.1 Å². The van der Waals surface area contributed by atoms with E-state index in [1.54, 1.807) is 0 Å². The molecule has 2 N–H and O–H groups in total. The van der Waals surface area contributed by atoms with E-state index in [1.165, 1.54) is 18.9 Å². The molecular weight excluding hydrogens is 426 g/mol. The fourth-order valence-electron chi connectivity index (χ4n) is 4.41. The minimum absolute atomic E-state index is 0.0888. The molecule has 1 unspecified atom stereocenters. The van der Waals surface area contributed by atoms with E-state index >= 15 is 0 Å². The number of carboxylic acids is 1. The van der Waals surface area contributed by atoms with E-state index in [0.29, 0.717) is 0 Å². The molecular formula is C24H25N3O6. The van der Waals surface area contributed by atoms with E-state index in [0.717, 1.165) is 27.2 Å². The summed E-state index contributed by atoms with van der Waals surface area (Å²) >= 11 is 0. The molecule has 0 radical (unpaired) electrons. The van der Waals surface area contributed by atoms with Gasteiger partial charge in [0.1, 0.15) is 25.2 Å². The molecule has 0 bridgehead atoms. The number of fused-ring (bicyclic) bond motifs is 3. The van der Waals surface area contributed by atoms with Crippen molar-refractivity contribution in [2.24, 2.45) is 0 Å². The third kappa shape index (κ3) is 4.26. The van der Waals surface area contributed by atoms with E-state index in [9.17, 15) is 24.3 Å². The van der Waals surface area contributed by atoms with Crippen LogP contribution in [0, 0.1) is 0 Å². The Morgan fingerprint density at radius 3 is 2.24 bits per heavy atom. The number of amides is 3. The zero-order valence-corrected chi connectivity index (χ0v) is 18.4. The lowest BCUT2D eigenvalue weighted by molar-refractivity contribution is -0.159. The van der Waals surface area contributed by atoms with Crippen molar-refractivity contribution >= 4 is 23.9 Å². The number of alkyl carbamates (subject to hydrolysis) is 1. The van der Waals surface area contributed by atoms with Crippen LogP contribution in [-0.4, -0.2) is 77.6 Å². The third-order valence-corrected chi connectivity index (χ3v) is 6.17. The van der Waals surface area contributed by atoms with Crippen molar-refractivity contribution in [2.75, 3.05) is 26.7 Å². The Kier molecular flexibility index (Phi) is 6.04. The summed E-state index contributed by atoms with van der Waals surface area (Å²) < 4.78 is 5.45. The number of rotatable bonds is 5.